The average Bonchev–Trinajstić information content (AvgIpc) is 2.29. The van der Waals surface area contributed by atoms with Crippen molar-refractivity contribution in [3.8, 4) is 0 Å². The van der Waals surface area contributed by atoms with Crippen molar-refractivity contribution in [3.63, 3.8) is 0 Å². The Labute approximate surface area is 103 Å². The van der Waals surface area contributed by atoms with Crippen LogP contribution in [-0.4, -0.2) is 18.7 Å². The highest BCUT2D eigenvalue weighted by molar-refractivity contribution is 9.10. The maximum absolute atomic E-state index is 11.7. The first kappa shape index (κ1) is 12.9. The second-order valence-electron chi connectivity index (χ2n) is 3.46. The van der Waals surface area contributed by atoms with Crippen LogP contribution >= 0.6 is 15.9 Å². The molecule has 4 heteroatoms. The third-order valence-corrected chi connectivity index (χ3v) is 2.78. The van der Waals surface area contributed by atoms with E-state index in [1.807, 2.05) is 12.1 Å². The van der Waals surface area contributed by atoms with Crippen molar-refractivity contribution in [3.05, 3.63) is 34.3 Å². The molecule has 0 fully saturated rings. The van der Waals surface area contributed by atoms with Gasteiger partial charge in [-0.25, -0.2) is 0 Å². The van der Waals surface area contributed by atoms with E-state index in [2.05, 4.69) is 21.2 Å². The molecule has 1 rings (SSSR count). The summed E-state index contributed by atoms with van der Waals surface area (Å²) in [5.74, 6) is 0.0556. The first-order valence-corrected chi connectivity index (χ1v) is 5.92. The van der Waals surface area contributed by atoms with Crippen molar-refractivity contribution < 1.29 is 9.59 Å². The molecule has 0 aromatic heterocycles. The maximum Gasteiger partial charge on any atom is 0.219 e. The molecular formula is C12H14BrNO2. The van der Waals surface area contributed by atoms with Gasteiger partial charge >= 0.3 is 0 Å². The van der Waals surface area contributed by atoms with Crippen molar-refractivity contribution in [2.45, 2.75) is 19.3 Å². The quantitative estimate of drug-likeness (QED) is 0.845. The average molecular weight is 284 g/mol. The van der Waals surface area contributed by atoms with Crippen LogP contribution in [0.25, 0.3) is 0 Å². The summed E-state index contributed by atoms with van der Waals surface area (Å²) in [7, 11) is 1.60. The Bertz CT molecular complexity index is 373. The molecule has 1 N–H and O–H groups in total. The van der Waals surface area contributed by atoms with Gasteiger partial charge in [0.15, 0.2) is 5.78 Å². The summed E-state index contributed by atoms with van der Waals surface area (Å²) in [5, 5.41) is 2.53. The third-order valence-electron chi connectivity index (χ3n) is 2.25. The van der Waals surface area contributed by atoms with Gasteiger partial charge in [0, 0.05) is 29.9 Å². The minimum absolute atomic E-state index is 0.0244. The number of benzene rings is 1. The van der Waals surface area contributed by atoms with Crippen LogP contribution in [-0.2, 0) is 4.79 Å². The molecule has 0 radical (unpaired) electrons. The lowest BCUT2D eigenvalue weighted by atomic mass is 10.1. The van der Waals surface area contributed by atoms with E-state index in [-0.39, 0.29) is 11.7 Å². The van der Waals surface area contributed by atoms with Crippen molar-refractivity contribution in [2.24, 2.45) is 0 Å². The van der Waals surface area contributed by atoms with Crippen molar-refractivity contribution in [1.29, 1.82) is 0 Å². The number of amides is 1. The number of hydrogen-bond acceptors (Lipinski definition) is 2. The molecule has 0 saturated heterocycles. The zero-order chi connectivity index (χ0) is 12.0. The molecule has 86 valence electrons. The van der Waals surface area contributed by atoms with E-state index in [4.69, 9.17) is 0 Å². The fraction of sp³-hybridized carbons (Fsp3) is 0.333. The first-order valence-electron chi connectivity index (χ1n) is 5.13. The smallest absolute Gasteiger partial charge is 0.219 e. The standard InChI is InChI=1S/C12H14BrNO2/c1-14-12(16)4-2-3-11(15)9-5-7-10(13)8-6-9/h5-8H,2-4H2,1H3,(H,14,16). The minimum Gasteiger partial charge on any atom is -0.359 e. The van der Waals surface area contributed by atoms with Gasteiger partial charge in [-0.1, -0.05) is 28.1 Å². The number of nitrogens with one attached hydrogen (secondary N) is 1. The van der Waals surface area contributed by atoms with E-state index >= 15 is 0 Å². The highest BCUT2D eigenvalue weighted by atomic mass is 79.9. The highest BCUT2D eigenvalue weighted by Gasteiger charge is 2.06. The molecule has 0 aliphatic rings. The van der Waals surface area contributed by atoms with E-state index in [1.54, 1.807) is 19.2 Å². The molecule has 0 spiro atoms. The van der Waals surface area contributed by atoms with Gasteiger partial charge in [-0.2, -0.15) is 0 Å². The number of hydrogen-bond donors (Lipinski definition) is 1. The summed E-state index contributed by atoms with van der Waals surface area (Å²) in [6, 6.07) is 7.25. The second-order valence-corrected chi connectivity index (χ2v) is 4.37. The lowest BCUT2D eigenvalue weighted by molar-refractivity contribution is -0.120. The van der Waals surface area contributed by atoms with Gasteiger partial charge in [0.25, 0.3) is 0 Å². The van der Waals surface area contributed by atoms with Crippen molar-refractivity contribution in [2.75, 3.05) is 7.05 Å². The van der Waals surface area contributed by atoms with Gasteiger partial charge in [0.1, 0.15) is 0 Å². The second kappa shape index (κ2) is 6.43. The van der Waals surface area contributed by atoms with Crippen LogP contribution in [0.2, 0.25) is 0 Å². The fourth-order valence-corrected chi connectivity index (χ4v) is 1.58. The highest BCUT2D eigenvalue weighted by Crippen LogP contribution is 2.13. The summed E-state index contributed by atoms with van der Waals surface area (Å²) in [6.07, 6.45) is 1.41. The van der Waals surface area contributed by atoms with E-state index in [9.17, 15) is 9.59 Å². The molecule has 1 aromatic rings. The molecule has 0 bridgehead atoms. The Hall–Kier alpha value is -1.16. The zero-order valence-electron chi connectivity index (χ0n) is 9.13. The Morgan fingerprint density at radius 3 is 2.38 bits per heavy atom. The van der Waals surface area contributed by atoms with Crippen LogP contribution in [0.1, 0.15) is 29.6 Å². The van der Waals surface area contributed by atoms with E-state index < -0.39 is 0 Å². The van der Waals surface area contributed by atoms with Crippen molar-refractivity contribution in [1.82, 2.24) is 5.32 Å². The largest absolute Gasteiger partial charge is 0.359 e. The number of halogens is 1. The molecule has 3 nitrogen and oxygen atoms in total. The molecule has 1 amide bonds. The number of ketones is 1. The van der Waals surface area contributed by atoms with Crippen LogP contribution in [0.15, 0.2) is 28.7 Å². The van der Waals surface area contributed by atoms with Crippen molar-refractivity contribution >= 4 is 27.6 Å². The van der Waals surface area contributed by atoms with Gasteiger partial charge in [-0.15, -0.1) is 0 Å². The van der Waals surface area contributed by atoms with Crippen LogP contribution in [0.4, 0.5) is 0 Å². The predicted octanol–water partition coefficient (Wildman–Crippen LogP) is 2.55. The Morgan fingerprint density at radius 1 is 1.19 bits per heavy atom. The minimum atomic E-state index is -0.0244. The molecule has 16 heavy (non-hydrogen) atoms. The Kier molecular flexibility index (Phi) is 5.19. The Balaban J connectivity index is 2.41. The summed E-state index contributed by atoms with van der Waals surface area (Å²) in [5.41, 5.74) is 0.695. The van der Waals surface area contributed by atoms with E-state index in [0.717, 1.165) is 4.47 Å². The molecule has 0 aliphatic heterocycles. The van der Waals surface area contributed by atoms with Gasteiger partial charge in [-0.3, -0.25) is 9.59 Å². The summed E-state index contributed by atoms with van der Waals surface area (Å²) in [4.78, 5) is 22.6. The van der Waals surface area contributed by atoms with Crippen LogP contribution in [0.5, 0.6) is 0 Å². The summed E-state index contributed by atoms with van der Waals surface area (Å²) >= 11 is 3.31. The molecule has 0 aliphatic carbocycles. The zero-order valence-corrected chi connectivity index (χ0v) is 10.7. The monoisotopic (exact) mass is 283 g/mol. The lowest BCUT2D eigenvalue weighted by Gasteiger charge is -2.01. The molecule has 0 heterocycles. The molecule has 0 atom stereocenters. The molecule has 1 aromatic carbocycles. The molecule has 0 saturated carbocycles. The van der Waals surface area contributed by atoms with E-state index in [0.29, 0.717) is 24.8 Å². The predicted molar refractivity (Wildman–Crippen MR) is 66.4 cm³/mol. The lowest BCUT2D eigenvalue weighted by Crippen LogP contribution is -2.17. The SMILES string of the molecule is CNC(=O)CCCC(=O)c1ccc(Br)cc1. The normalized spacial score (nSPS) is 9.88. The van der Waals surface area contributed by atoms with Crippen LogP contribution in [0, 0.1) is 0 Å². The topological polar surface area (TPSA) is 46.2 Å². The van der Waals surface area contributed by atoms with Crippen LogP contribution < -0.4 is 5.32 Å². The first-order chi connectivity index (χ1) is 7.63. The fourth-order valence-electron chi connectivity index (χ4n) is 1.31. The maximum atomic E-state index is 11.7. The van der Waals surface area contributed by atoms with Gasteiger partial charge in [0.2, 0.25) is 5.91 Å². The third kappa shape index (κ3) is 4.14. The van der Waals surface area contributed by atoms with E-state index in [1.165, 1.54) is 0 Å². The van der Waals surface area contributed by atoms with Gasteiger partial charge < -0.3 is 5.32 Å². The van der Waals surface area contributed by atoms with Gasteiger partial charge in [0.05, 0.1) is 0 Å². The molecule has 0 unspecified atom stereocenters. The number of rotatable bonds is 5. The number of carbonyl (C=O) groups excluding carboxylic acids is 2. The number of carbonyl (C=O) groups is 2. The number of Topliss-reactive ketones (excluding diaryl/α,β-unsaturated/α-hetero) is 1. The Morgan fingerprint density at radius 2 is 1.81 bits per heavy atom. The summed E-state index contributed by atoms with van der Waals surface area (Å²) in [6.45, 7) is 0. The van der Waals surface area contributed by atoms with Crippen LogP contribution in [0.3, 0.4) is 0 Å². The van der Waals surface area contributed by atoms with Gasteiger partial charge in [-0.05, 0) is 18.6 Å². The molecular weight excluding hydrogens is 270 g/mol. The summed E-state index contributed by atoms with van der Waals surface area (Å²) < 4.78 is 0.953.